The number of alkyl halides is 4. The molecule has 0 amide bonds. The van der Waals surface area contributed by atoms with Gasteiger partial charge in [0.1, 0.15) is 5.75 Å². The van der Waals surface area contributed by atoms with Crippen LogP contribution in [0.1, 0.15) is 24.4 Å². The van der Waals surface area contributed by atoms with E-state index in [1.165, 1.54) is 18.2 Å². The van der Waals surface area contributed by atoms with Crippen molar-refractivity contribution >= 4 is 12.4 Å². The standard InChI is InChI=1S/C13H15F4NO.ClH/c1-2-3-7-11(18)9-5-4-6-10(8-9)19-13(16,17)12(14)15;/h2,4-6,8,11-12H,1,3,7,18H2;1H/t11-;/m0./s1. The van der Waals surface area contributed by atoms with Gasteiger partial charge < -0.3 is 10.5 Å². The van der Waals surface area contributed by atoms with Crippen LogP contribution in [0.25, 0.3) is 0 Å². The van der Waals surface area contributed by atoms with Crippen LogP contribution in [0.3, 0.4) is 0 Å². The van der Waals surface area contributed by atoms with Gasteiger partial charge in [-0.3, -0.25) is 0 Å². The van der Waals surface area contributed by atoms with Crippen molar-refractivity contribution < 1.29 is 22.3 Å². The van der Waals surface area contributed by atoms with E-state index >= 15 is 0 Å². The lowest BCUT2D eigenvalue weighted by Crippen LogP contribution is -2.33. The van der Waals surface area contributed by atoms with Gasteiger partial charge in [0, 0.05) is 6.04 Å². The summed E-state index contributed by atoms with van der Waals surface area (Å²) >= 11 is 0. The van der Waals surface area contributed by atoms with Crippen molar-refractivity contribution in [2.45, 2.75) is 31.4 Å². The lowest BCUT2D eigenvalue weighted by Gasteiger charge is -2.18. The van der Waals surface area contributed by atoms with Crippen LogP contribution in [0.4, 0.5) is 17.6 Å². The van der Waals surface area contributed by atoms with E-state index in [0.717, 1.165) is 0 Å². The minimum absolute atomic E-state index is 0. The first kappa shape index (κ1) is 18.7. The zero-order valence-corrected chi connectivity index (χ0v) is 11.4. The van der Waals surface area contributed by atoms with Crippen LogP contribution in [0, 0.1) is 0 Å². The number of allylic oxidation sites excluding steroid dienone is 1. The first-order valence-corrected chi connectivity index (χ1v) is 5.68. The summed E-state index contributed by atoms with van der Waals surface area (Å²) in [5.41, 5.74) is 6.38. The number of hydrogen-bond acceptors (Lipinski definition) is 2. The quantitative estimate of drug-likeness (QED) is 0.601. The molecule has 20 heavy (non-hydrogen) atoms. The SMILES string of the molecule is C=CCC[C@H](N)c1cccc(OC(F)(F)C(F)F)c1.Cl. The average molecular weight is 314 g/mol. The van der Waals surface area contributed by atoms with Gasteiger partial charge in [-0.25, -0.2) is 0 Å². The zero-order valence-electron chi connectivity index (χ0n) is 10.6. The number of nitrogens with two attached hydrogens (primary N) is 1. The first-order chi connectivity index (χ1) is 8.86. The highest BCUT2D eigenvalue weighted by Gasteiger charge is 2.43. The van der Waals surface area contributed by atoms with Crippen molar-refractivity contribution in [1.29, 1.82) is 0 Å². The van der Waals surface area contributed by atoms with E-state index in [-0.39, 0.29) is 24.2 Å². The Kier molecular flexibility index (Phi) is 7.60. The molecular formula is C13H16ClF4NO. The minimum atomic E-state index is -4.51. The van der Waals surface area contributed by atoms with Crippen LogP contribution in [0.5, 0.6) is 5.75 Å². The Morgan fingerprint density at radius 2 is 2.00 bits per heavy atom. The highest BCUT2D eigenvalue weighted by atomic mass is 35.5. The first-order valence-electron chi connectivity index (χ1n) is 5.68. The molecule has 1 aromatic carbocycles. The third-order valence-corrected chi connectivity index (χ3v) is 2.48. The molecule has 0 spiro atoms. The molecule has 2 nitrogen and oxygen atoms in total. The van der Waals surface area contributed by atoms with Crippen molar-refractivity contribution in [3.05, 3.63) is 42.5 Å². The molecule has 0 aliphatic carbocycles. The third-order valence-electron chi connectivity index (χ3n) is 2.48. The van der Waals surface area contributed by atoms with E-state index in [9.17, 15) is 17.6 Å². The van der Waals surface area contributed by atoms with E-state index in [4.69, 9.17) is 5.73 Å². The summed E-state index contributed by atoms with van der Waals surface area (Å²) in [4.78, 5) is 0. The molecule has 1 atom stereocenters. The summed E-state index contributed by atoms with van der Waals surface area (Å²) in [6, 6.07) is 5.09. The minimum Gasteiger partial charge on any atom is -0.428 e. The number of rotatable bonds is 7. The normalized spacial score (nSPS) is 12.7. The maximum absolute atomic E-state index is 12.8. The summed E-state index contributed by atoms with van der Waals surface area (Å²) in [5.74, 6) is -0.336. The summed E-state index contributed by atoms with van der Waals surface area (Å²) in [6.07, 6.45) is -5.46. The zero-order chi connectivity index (χ0) is 14.5. The van der Waals surface area contributed by atoms with E-state index in [1.807, 2.05) is 0 Å². The van der Waals surface area contributed by atoms with Gasteiger partial charge in [-0.15, -0.1) is 19.0 Å². The van der Waals surface area contributed by atoms with Crippen molar-refractivity contribution in [3.63, 3.8) is 0 Å². The van der Waals surface area contributed by atoms with Crippen LogP contribution in [0.15, 0.2) is 36.9 Å². The summed E-state index contributed by atoms with van der Waals surface area (Å²) in [5, 5.41) is 0. The molecule has 7 heteroatoms. The smallest absolute Gasteiger partial charge is 0.428 e. The van der Waals surface area contributed by atoms with Crippen LogP contribution in [-0.4, -0.2) is 12.5 Å². The molecule has 0 unspecified atom stereocenters. The lowest BCUT2D eigenvalue weighted by molar-refractivity contribution is -0.253. The van der Waals surface area contributed by atoms with Gasteiger partial charge in [-0.1, -0.05) is 18.2 Å². The molecule has 0 saturated heterocycles. The highest BCUT2D eigenvalue weighted by molar-refractivity contribution is 5.85. The molecule has 0 heterocycles. The topological polar surface area (TPSA) is 35.2 Å². The Labute approximate surface area is 121 Å². The van der Waals surface area contributed by atoms with Gasteiger partial charge in [-0.05, 0) is 30.5 Å². The average Bonchev–Trinajstić information content (AvgIpc) is 2.35. The molecular weight excluding hydrogens is 298 g/mol. The maximum atomic E-state index is 12.8. The lowest BCUT2D eigenvalue weighted by atomic mass is 10.0. The predicted molar refractivity (Wildman–Crippen MR) is 71.6 cm³/mol. The Hall–Kier alpha value is -1.27. The Bertz CT molecular complexity index is 429. The van der Waals surface area contributed by atoms with Crippen LogP contribution in [-0.2, 0) is 0 Å². The fourth-order valence-corrected chi connectivity index (χ4v) is 1.47. The largest absolute Gasteiger partial charge is 0.461 e. The van der Waals surface area contributed by atoms with Gasteiger partial charge in [-0.2, -0.15) is 17.6 Å². The molecule has 1 rings (SSSR count). The third kappa shape index (κ3) is 5.38. The van der Waals surface area contributed by atoms with Crippen LogP contribution in [0.2, 0.25) is 0 Å². The molecule has 2 N–H and O–H groups in total. The van der Waals surface area contributed by atoms with Gasteiger partial charge in [0.25, 0.3) is 0 Å². The molecule has 0 aromatic heterocycles. The molecule has 0 aliphatic heterocycles. The summed E-state index contributed by atoms with van der Waals surface area (Å²) < 4.78 is 53.5. The molecule has 114 valence electrons. The Morgan fingerprint density at radius 3 is 2.55 bits per heavy atom. The maximum Gasteiger partial charge on any atom is 0.461 e. The van der Waals surface area contributed by atoms with Gasteiger partial charge in [0.15, 0.2) is 0 Å². The summed E-state index contributed by atoms with van der Waals surface area (Å²) in [6.45, 7) is 3.55. The van der Waals surface area contributed by atoms with Gasteiger partial charge >= 0.3 is 12.5 Å². The van der Waals surface area contributed by atoms with Crippen molar-refractivity contribution in [2.24, 2.45) is 5.73 Å². The second kappa shape index (κ2) is 8.11. The molecule has 0 fully saturated rings. The van der Waals surface area contributed by atoms with Crippen LogP contribution >= 0.6 is 12.4 Å². The number of benzene rings is 1. The number of hydrogen-bond donors (Lipinski definition) is 1. The number of halogens is 5. The van der Waals surface area contributed by atoms with E-state index in [2.05, 4.69) is 11.3 Å². The van der Waals surface area contributed by atoms with E-state index in [0.29, 0.717) is 18.4 Å². The van der Waals surface area contributed by atoms with Crippen LogP contribution < -0.4 is 10.5 Å². The van der Waals surface area contributed by atoms with Gasteiger partial charge in [0.05, 0.1) is 0 Å². The monoisotopic (exact) mass is 313 g/mol. The summed E-state index contributed by atoms with van der Waals surface area (Å²) in [7, 11) is 0. The van der Waals surface area contributed by atoms with Gasteiger partial charge in [0.2, 0.25) is 0 Å². The second-order valence-electron chi connectivity index (χ2n) is 4.01. The second-order valence-corrected chi connectivity index (χ2v) is 4.01. The van der Waals surface area contributed by atoms with E-state index in [1.54, 1.807) is 12.1 Å². The Balaban J connectivity index is 0.00000361. The van der Waals surface area contributed by atoms with Crippen molar-refractivity contribution in [2.75, 3.05) is 0 Å². The fraction of sp³-hybridized carbons (Fsp3) is 0.385. The Morgan fingerprint density at radius 1 is 1.35 bits per heavy atom. The molecule has 0 saturated carbocycles. The predicted octanol–water partition coefficient (Wildman–Crippen LogP) is 4.31. The highest BCUT2D eigenvalue weighted by Crippen LogP contribution is 2.29. The fourth-order valence-electron chi connectivity index (χ4n) is 1.47. The molecule has 0 bridgehead atoms. The molecule has 0 aliphatic rings. The molecule has 0 radical (unpaired) electrons. The number of ether oxygens (including phenoxy) is 1. The molecule has 1 aromatic rings. The van der Waals surface area contributed by atoms with Crippen molar-refractivity contribution in [3.8, 4) is 5.75 Å². The van der Waals surface area contributed by atoms with E-state index < -0.39 is 12.5 Å². The van der Waals surface area contributed by atoms with Crippen molar-refractivity contribution in [1.82, 2.24) is 0 Å².